The van der Waals surface area contributed by atoms with Gasteiger partial charge >= 0.3 is 0 Å². The summed E-state index contributed by atoms with van der Waals surface area (Å²) in [6.45, 7) is 4.64. The summed E-state index contributed by atoms with van der Waals surface area (Å²) in [7, 11) is 3.22. The molecule has 35 heavy (non-hydrogen) atoms. The second-order valence-electron chi connectivity index (χ2n) is 9.98. The van der Waals surface area contributed by atoms with Gasteiger partial charge in [-0.25, -0.2) is 0 Å². The van der Waals surface area contributed by atoms with E-state index >= 15 is 0 Å². The fourth-order valence-corrected chi connectivity index (χ4v) is 5.75. The maximum absolute atomic E-state index is 13.9. The first kappa shape index (κ1) is 25.3. The minimum absolute atomic E-state index is 0.0438. The fraction of sp³-hybridized carbons (Fsp3) is 0.500. The van der Waals surface area contributed by atoms with E-state index < -0.39 is 0 Å². The number of rotatable bonds is 9. The van der Waals surface area contributed by atoms with Crippen LogP contribution >= 0.6 is 0 Å². The summed E-state index contributed by atoms with van der Waals surface area (Å²) >= 11 is 0. The highest BCUT2D eigenvalue weighted by atomic mass is 16.5. The molecular formula is C30H40N2O3. The molecule has 1 atom stereocenters. The van der Waals surface area contributed by atoms with E-state index in [-0.39, 0.29) is 5.91 Å². The number of hydrogen-bond donors (Lipinski definition) is 0. The van der Waals surface area contributed by atoms with Crippen LogP contribution in [0.25, 0.3) is 6.08 Å². The van der Waals surface area contributed by atoms with Gasteiger partial charge < -0.3 is 14.4 Å². The Kier molecular flexibility index (Phi) is 8.86. The lowest BCUT2D eigenvalue weighted by molar-refractivity contribution is 0.0671. The van der Waals surface area contributed by atoms with Crippen molar-refractivity contribution in [2.75, 3.05) is 33.9 Å². The van der Waals surface area contributed by atoms with Crippen molar-refractivity contribution < 1.29 is 14.3 Å². The van der Waals surface area contributed by atoms with Crippen molar-refractivity contribution in [2.45, 2.75) is 64.0 Å². The molecule has 2 aliphatic rings. The molecule has 1 amide bonds. The number of amides is 1. The molecule has 0 aromatic heterocycles. The number of likely N-dealkylation sites (tertiary alicyclic amines) is 1. The molecule has 0 spiro atoms. The molecule has 4 rings (SSSR count). The maximum atomic E-state index is 13.9. The fourth-order valence-electron chi connectivity index (χ4n) is 5.75. The molecule has 1 unspecified atom stereocenters. The molecule has 5 nitrogen and oxygen atoms in total. The minimum Gasteiger partial charge on any atom is -0.493 e. The van der Waals surface area contributed by atoms with E-state index in [0.29, 0.717) is 35.7 Å². The van der Waals surface area contributed by atoms with Crippen LogP contribution in [0.15, 0.2) is 54.1 Å². The van der Waals surface area contributed by atoms with Crippen LogP contribution in [0.1, 0.15) is 67.8 Å². The number of carbonyl (C=O) groups is 1. The zero-order valence-corrected chi connectivity index (χ0v) is 21.5. The molecule has 0 N–H and O–H groups in total. The van der Waals surface area contributed by atoms with E-state index in [0.717, 1.165) is 25.1 Å². The molecular weight excluding hydrogens is 436 g/mol. The van der Waals surface area contributed by atoms with Crippen LogP contribution in [-0.2, 0) is 0 Å². The van der Waals surface area contributed by atoms with Gasteiger partial charge in [0.25, 0.3) is 5.91 Å². The first-order valence-electron chi connectivity index (χ1n) is 13.1. The van der Waals surface area contributed by atoms with Gasteiger partial charge in [-0.1, -0.05) is 61.2 Å². The van der Waals surface area contributed by atoms with Crippen LogP contribution in [0.4, 0.5) is 0 Å². The zero-order chi connectivity index (χ0) is 24.6. The highest BCUT2D eigenvalue weighted by Gasteiger charge is 2.33. The minimum atomic E-state index is 0.0438. The SMILES string of the molecule is COc1ccc(C(=O)N(CC(C)=Cc2ccccc2)CC2CCCN2C2CCCCC2)cc1OC. The Balaban J connectivity index is 1.57. The number of methoxy groups -OCH3 is 2. The normalized spacial score (nSPS) is 19.5. The average Bonchev–Trinajstić information content (AvgIpc) is 3.36. The number of ether oxygens (including phenoxy) is 2. The molecule has 0 bridgehead atoms. The van der Waals surface area contributed by atoms with E-state index in [2.05, 4.69) is 30.0 Å². The van der Waals surface area contributed by atoms with Gasteiger partial charge in [0, 0.05) is 30.7 Å². The third-order valence-electron chi connectivity index (χ3n) is 7.47. The number of hydrogen-bond acceptors (Lipinski definition) is 4. The summed E-state index contributed by atoms with van der Waals surface area (Å²) in [4.78, 5) is 18.6. The lowest BCUT2D eigenvalue weighted by Crippen LogP contribution is -2.47. The standard InChI is InChI=1S/C30H40N2O3/c1-23(19-24-11-6-4-7-12-24)21-31(30(33)25-16-17-28(34-2)29(20-25)35-3)22-27-15-10-18-32(27)26-13-8-5-9-14-26/h4,6-7,11-12,16-17,19-20,26-27H,5,8-10,13-15,18,21-22H2,1-3H3. The molecule has 5 heteroatoms. The Labute approximate surface area is 210 Å². The van der Waals surface area contributed by atoms with Gasteiger partial charge in [0.1, 0.15) is 0 Å². The van der Waals surface area contributed by atoms with Gasteiger partial charge in [-0.2, -0.15) is 0 Å². The Bertz CT molecular complexity index is 998. The Morgan fingerprint density at radius 1 is 0.971 bits per heavy atom. The van der Waals surface area contributed by atoms with Crippen LogP contribution in [0, 0.1) is 0 Å². The monoisotopic (exact) mass is 476 g/mol. The molecule has 1 aliphatic heterocycles. The van der Waals surface area contributed by atoms with Crippen molar-refractivity contribution in [3.8, 4) is 11.5 Å². The number of benzene rings is 2. The van der Waals surface area contributed by atoms with E-state index in [1.807, 2.05) is 35.2 Å². The van der Waals surface area contributed by atoms with Crippen LogP contribution in [0.2, 0.25) is 0 Å². The predicted octanol–water partition coefficient (Wildman–Crippen LogP) is 6.05. The summed E-state index contributed by atoms with van der Waals surface area (Å²) < 4.78 is 10.9. The van der Waals surface area contributed by atoms with Crippen molar-refractivity contribution >= 4 is 12.0 Å². The molecule has 2 aromatic carbocycles. The van der Waals surface area contributed by atoms with Crippen LogP contribution in [0.3, 0.4) is 0 Å². The lowest BCUT2D eigenvalue weighted by atomic mass is 9.93. The second-order valence-corrected chi connectivity index (χ2v) is 9.98. The molecule has 1 saturated carbocycles. The topological polar surface area (TPSA) is 42.0 Å². The van der Waals surface area contributed by atoms with Crippen LogP contribution < -0.4 is 9.47 Å². The van der Waals surface area contributed by atoms with Gasteiger partial charge in [0.15, 0.2) is 11.5 Å². The molecule has 2 fully saturated rings. The summed E-state index contributed by atoms with van der Waals surface area (Å²) in [5, 5.41) is 0. The van der Waals surface area contributed by atoms with Gasteiger partial charge in [0.2, 0.25) is 0 Å². The Morgan fingerprint density at radius 3 is 2.43 bits per heavy atom. The molecule has 1 saturated heterocycles. The van der Waals surface area contributed by atoms with Crippen molar-refractivity contribution in [1.29, 1.82) is 0 Å². The zero-order valence-electron chi connectivity index (χ0n) is 21.5. The molecule has 1 aliphatic carbocycles. The lowest BCUT2D eigenvalue weighted by Gasteiger charge is -2.38. The first-order chi connectivity index (χ1) is 17.1. The van der Waals surface area contributed by atoms with Crippen LogP contribution in [0.5, 0.6) is 11.5 Å². The van der Waals surface area contributed by atoms with Gasteiger partial charge in [-0.15, -0.1) is 0 Å². The summed E-state index contributed by atoms with van der Waals surface area (Å²) in [5.41, 5.74) is 2.97. The smallest absolute Gasteiger partial charge is 0.254 e. The maximum Gasteiger partial charge on any atom is 0.254 e. The number of nitrogens with zero attached hydrogens (tertiary/aromatic N) is 2. The largest absolute Gasteiger partial charge is 0.493 e. The average molecular weight is 477 g/mol. The Hall–Kier alpha value is -2.79. The summed E-state index contributed by atoms with van der Waals surface area (Å²) in [5.74, 6) is 1.26. The van der Waals surface area contributed by atoms with Gasteiger partial charge in [0.05, 0.1) is 14.2 Å². The third kappa shape index (κ3) is 6.46. The van der Waals surface area contributed by atoms with E-state index in [9.17, 15) is 4.79 Å². The quantitative estimate of drug-likeness (QED) is 0.442. The van der Waals surface area contributed by atoms with Crippen molar-refractivity contribution in [2.24, 2.45) is 0 Å². The van der Waals surface area contributed by atoms with E-state index in [1.54, 1.807) is 20.3 Å². The molecule has 1 heterocycles. The van der Waals surface area contributed by atoms with Gasteiger partial charge in [-0.05, 0) is 62.9 Å². The Morgan fingerprint density at radius 2 is 1.71 bits per heavy atom. The van der Waals surface area contributed by atoms with Gasteiger partial charge in [-0.3, -0.25) is 9.69 Å². The van der Waals surface area contributed by atoms with Crippen molar-refractivity contribution in [3.05, 3.63) is 65.2 Å². The third-order valence-corrected chi connectivity index (χ3v) is 7.47. The summed E-state index contributed by atoms with van der Waals surface area (Å²) in [6.07, 6.45) is 11.2. The van der Waals surface area contributed by atoms with Crippen LogP contribution in [-0.4, -0.2) is 61.6 Å². The van der Waals surface area contributed by atoms with Crippen molar-refractivity contribution in [1.82, 2.24) is 9.80 Å². The molecule has 2 aromatic rings. The highest BCUT2D eigenvalue weighted by Crippen LogP contribution is 2.31. The predicted molar refractivity (Wildman–Crippen MR) is 142 cm³/mol. The molecule has 0 radical (unpaired) electrons. The van der Waals surface area contributed by atoms with E-state index in [4.69, 9.17) is 9.47 Å². The summed E-state index contributed by atoms with van der Waals surface area (Å²) in [6, 6.07) is 16.9. The van der Waals surface area contributed by atoms with Crippen molar-refractivity contribution in [3.63, 3.8) is 0 Å². The van der Waals surface area contributed by atoms with E-state index in [1.165, 1.54) is 44.1 Å². The number of carbonyl (C=O) groups excluding carboxylic acids is 1. The second kappa shape index (κ2) is 12.3. The first-order valence-corrected chi connectivity index (χ1v) is 13.1. The molecule has 188 valence electrons. The highest BCUT2D eigenvalue weighted by molar-refractivity contribution is 5.95.